The third kappa shape index (κ3) is 4.22. The number of aromatic nitrogens is 3. The minimum atomic E-state index is -0.815. The second kappa shape index (κ2) is 6.81. The fourth-order valence-electron chi connectivity index (χ4n) is 3.05. The summed E-state index contributed by atoms with van der Waals surface area (Å²) < 4.78 is 2.16. The minimum absolute atomic E-state index is 0.0347. The number of aliphatic carboxylic acids is 1. The monoisotopic (exact) mass is 311 g/mol. The fraction of sp³-hybridized carbons (Fsp3) is 0.800. The van der Waals surface area contributed by atoms with Gasteiger partial charge in [-0.1, -0.05) is 51.8 Å². The van der Waals surface area contributed by atoms with E-state index in [2.05, 4.69) is 35.5 Å². The predicted molar refractivity (Wildman–Crippen MR) is 83.7 cm³/mol. The van der Waals surface area contributed by atoms with Crippen LogP contribution in [0.1, 0.15) is 64.6 Å². The summed E-state index contributed by atoms with van der Waals surface area (Å²) in [5.41, 5.74) is 0.281. The van der Waals surface area contributed by atoms with Crippen LogP contribution in [0.4, 0.5) is 0 Å². The lowest BCUT2D eigenvalue weighted by Crippen LogP contribution is -2.27. The molecule has 1 saturated carbocycles. The molecule has 1 fully saturated rings. The van der Waals surface area contributed by atoms with Gasteiger partial charge in [0.25, 0.3) is 0 Å². The van der Waals surface area contributed by atoms with E-state index in [1.807, 2.05) is 0 Å². The lowest BCUT2D eigenvalue weighted by atomic mass is 9.75. The molecule has 1 aliphatic carbocycles. The highest BCUT2D eigenvalue weighted by Gasteiger charge is 2.30. The molecule has 0 amide bonds. The Morgan fingerprint density at radius 2 is 2.00 bits per heavy atom. The number of carboxylic acid groups (broad SMARTS) is 1. The lowest BCUT2D eigenvalue weighted by molar-refractivity contribution is -0.133. The molecule has 118 valence electrons. The second-order valence-electron chi connectivity index (χ2n) is 6.64. The normalized spacial score (nSPS) is 18.1. The van der Waals surface area contributed by atoms with E-state index in [1.165, 1.54) is 43.9 Å². The Hall–Kier alpha value is -1.04. The number of carbonyl (C=O) groups is 1. The molecule has 0 saturated heterocycles. The summed E-state index contributed by atoms with van der Waals surface area (Å²) in [6, 6.07) is 0. The SMILES string of the molecule is CC(C)c1nnc(SCC(=O)O)n1CC1(C)CCCCC1. The summed E-state index contributed by atoms with van der Waals surface area (Å²) in [5, 5.41) is 18.1. The van der Waals surface area contributed by atoms with Crippen LogP contribution >= 0.6 is 11.8 Å². The quantitative estimate of drug-likeness (QED) is 0.814. The first-order chi connectivity index (χ1) is 9.91. The van der Waals surface area contributed by atoms with Crippen LogP contribution < -0.4 is 0 Å². The van der Waals surface area contributed by atoms with Gasteiger partial charge in [-0.3, -0.25) is 4.79 Å². The smallest absolute Gasteiger partial charge is 0.313 e. The van der Waals surface area contributed by atoms with Crippen molar-refractivity contribution in [3.8, 4) is 0 Å². The Morgan fingerprint density at radius 1 is 1.33 bits per heavy atom. The first kappa shape index (κ1) is 16.3. The molecule has 21 heavy (non-hydrogen) atoms. The van der Waals surface area contributed by atoms with Crippen molar-refractivity contribution in [2.75, 3.05) is 5.75 Å². The minimum Gasteiger partial charge on any atom is -0.481 e. The second-order valence-corrected chi connectivity index (χ2v) is 7.58. The highest BCUT2D eigenvalue weighted by Crippen LogP contribution is 2.38. The van der Waals surface area contributed by atoms with Crippen LogP contribution in [-0.2, 0) is 11.3 Å². The molecule has 5 nitrogen and oxygen atoms in total. The number of hydrogen-bond donors (Lipinski definition) is 1. The predicted octanol–water partition coefficient (Wildman–Crippen LogP) is 3.55. The lowest BCUT2D eigenvalue weighted by Gasteiger charge is -2.34. The highest BCUT2D eigenvalue weighted by molar-refractivity contribution is 7.99. The van der Waals surface area contributed by atoms with E-state index in [0.29, 0.717) is 5.92 Å². The van der Waals surface area contributed by atoms with Crippen molar-refractivity contribution in [2.24, 2.45) is 5.41 Å². The van der Waals surface area contributed by atoms with Crippen molar-refractivity contribution >= 4 is 17.7 Å². The summed E-state index contributed by atoms with van der Waals surface area (Å²) in [6.07, 6.45) is 6.35. The maximum Gasteiger partial charge on any atom is 0.313 e. The van der Waals surface area contributed by atoms with E-state index in [0.717, 1.165) is 17.5 Å². The van der Waals surface area contributed by atoms with E-state index in [-0.39, 0.29) is 11.2 Å². The molecule has 1 aromatic rings. The van der Waals surface area contributed by atoms with Gasteiger partial charge in [-0.15, -0.1) is 10.2 Å². The fourth-order valence-corrected chi connectivity index (χ4v) is 3.72. The zero-order valence-electron chi connectivity index (χ0n) is 13.1. The molecule has 1 aliphatic rings. The molecule has 1 heterocycles. The molecule has 6 heteroatoms. The average molecular weight is 311 g/mol. The topological polar surface area (TPSA) is 68.0 Å². The van der Waals surface area contributed by atoms with Gasteiger partial charge >= 0.3 is 5.97 Å². The Bertz CT molecular complexity index is 493. The van der Waals surface area contributed by atoms with Gasteiger partial charge in [-0.25, -0.2) is 0 Å². The molecule has 1 N–H and O–H groups in total. The average Bonchev–Trinajstić information content (AvgIpc) is 2.79. The van der Waals surface area contributed by atoms with Gasteiger partial charge < -0.3 is 9.67 Å². The molecule has 0 spiro atoms. The zero-order valence-corrected chi connectivity index (χ0v) is 13.9. The number of nitrogens with zero attached hydrogens (tertiary/aromatic N) is 3. The molecule has 0 atom stereocenters. The molecule has 0 bridgehead atoms. The van der Waals surface area contributed by atoms with Gasteiger partial charge in [0, 0.05) is 12.5 Å². The van der Waals surface area contributed by atoms with Gasteiger partial charge in [-0.2, -0.15) is 0 Å². The van der Waals surface area contributed by atoms with Crippen molar-refractivity contribution in [1.82, 2.24) is 14.8 Å². The van der Waals surface area contributed by atoms with E-state index in [9.17, 15) is 4.79 Å². The first-order valence-electron chi connectivity index (χ1n) is 7.69. The highest BCUT2D eigenvalue weighted by atomic mass is 32.2. The summed E-state index contributed by atoms with van der Waals surface area (Å²) in [6.45, 7) is 7.45. The third-order valence-electron chi connectivity index (χ3n) is 4.19. The Kier molecular flexibility index (Phi) is 5.30. The van der Waals surface area contributed by atoms with Crippen molar-refractivity contribution < 1.29 is 9.90 Å². The third-order valence-corrected chi connectivity index (χ3v) is 5.14. The van der Waals surface area contributed by atoms with Crippen LogP contribution in [0, 0.1) is 5.41 Å². The van der Waals surface area contributed by atoms with Crippen molar-refractivity contribution in [3.63, 3.8) is 0 Å². The van der Waals surface area contributed by atoms with E-state index in [1.54, 1.807) is 0 Å². The summed E-state index contributed by atoms with van der Waals surface area (Å²) in [5.74, 6) is 0.482. The maximum atomic E-state index is 10.8. The van der Waals surface area contributed by atoms with Gasteiger partial charge in [0.05, 0.1) is 5.75 Å². The zero-order chi connectivity index (χ0) is 15.5. The first-order valence-corrected chi connectivity index (χ1v) is 8.67. The van der Waals surface area contributed by atoms with Crippen LogP contribution in [0.25, 0.3) is 0 Å². The van der Waals surface area contributed by atoms with Crippen LogP contribution in [0.5, 0.6) is 0 Å². The molecule has 1 aromatic heterocycles. The Labute approximate surface area is 130 Å². The van der Waals surface area contributed by atoms with Gasteiger partial charge in [-0.05, 0) is 18.3 Å². The van der Waals surface area contributed by atoms with Crippen molar-refractivity contribution in [3.05, 3.63) is 5.82 Å². The number of thioether (sulfide) groups is 1. The number of rotatable bonds is 6. The van der Waals surface area contributed by atoms with E-state index >= 15 is 0 Å². The standard InChI is InChI=1S/C15H25N3O2S/c1-11(2)13-16-17-14(21-9-12(19)20)18(13)10-15(3)7-5-4-6-8-15/h11H,4-10H2,1-3H3,(H,19,20). The number of carboxylic acids is 1. The molecule has 0 aromatic carbocycles. The summed E-state index contributed by atoms with van der Waals surface area (Å²) in [4.78, 5) is 10.8. The van der Waals surface area contributed by atoms with E-state index in [4.69, 9.17) is 5.11 Å². The van der Waals surface area contributed by atoms with Gasteiger partial charge in [0.2, 0.25) is 0 Å². The Morgan fingerprint density at radius 3 is 2.57 bits per heavy atom. The largest absolute Gasteiger partial charge is 0.481 e. The molecular formula is C15H25N3O2S. The van der Waals surface area contributed by atoms with Gasteiger partial charge in [0.15, 0.2) is 5.16 Å². The van der Waals surface area contributed by atoms with E-state index < -0.39 is 5.97 Å². The molecule has 2 rings (SSSR count). The molecule has 0 aliphatic heterocycles. The van der Waals surface area contributed by atoms with Crippen LogP contribution in [0.2, 0.25) is 0 Å². The molecule has 0 unspecified atom stereocenters. The van der Waals surface area contributed by atoms with Crippen LogP contribution in [0.15, 0.2) is 5.16 Å². The summed E-state index contributed by atoms with van der Waals surface area (Å²) >= 11 is 1.27. The number of hydrogen-bond acceptors (Lipinski definition) is 4. The summed E-state index contributed by atoms with van der Waals surface area (Å²) in [7, 11) is 0. The van der Waals surface area contributed by atoms with Crippen molar-refractivity contribution in [1.29, 1.82) is 0 Å². The maximum absolute atomic E-state index is 10.8. The molecule has 0 radical (unpaired) electrons. The van der Waals surface area contributed by atoms with Crippen LogP contribution in [-0.4, -0.2) is 31.6 Å². The van der Waals surface area contributed by atoms with Crippen molar-refractivity contribution in [2.45, 2.75) is 70.5 Å². The Balaban J connectivity index is 2.21. The molecular weight excluding hydrogens is 286 g/mol. The van der Waals surface area contributed by atoms with Crippen LogP contribution in [0.3, 0.4) is 0 Å². The van der Waals surface area contributed by atoms with Gasteiger partial charge in [0.1, 0.15) is 5.82 Å².